The summed E-state index contributed by atoms with van der Waals surface area (Å²) in [4.78, 5) is 38.5. The van der Waals surface area contributed by atoms with E-state index < -0.39 is 23.8 Å². The summed E-state index contributed by atoms with van der Waals surface area (Å²) >= 11 is 0. The molecule has 28 heavy (non-hydrogen) atoms. The van der Waals surface area contributed by atoms with Crippen LogP contribution in [-0.2, 0) is 23.9 Å². The van der Waals surface area contributed by atoms with Crippen LogP contribution in [0.1, 0.15) is 38.7 Å². The Morgan fingerprint density at radius 1 is 1.21 bits per heavy atom. The van der Waals surface area contributed by atoms with Crippen molar-refractivity contribution in [1.82, 2.24) is 5.32 Å². The van der Waals surface area contributed by atoms with Crippen molar-refractivity contribution in [3.05, 3.63) is 58.4 Å². The fraction of sp³-hybridized carbons (Fsp3) is 0.409. The lowest BCUT2D eigenvalue weighted by molar-refractivity contribution is -0.151. The monoisotopic (exact) mass is 383 g/mol. The predicted molar refractivity (Wildman–Crippen MR) is 103 cm³/mol. The van der Waals surface area contributed by atoms with Gasteiger partial charge in [-0.1, -0.05) is 37.3 Å². The van der Waals surface area contributed by atoms with E-state index in [-0.39, 0.29) is 18.3 Å². The van der Waals surface area contributed by atoms with E-state index in [0.717, 1.165) is 11.3 Å². The second-order valence-electron chi connectivity index (χ2n) is 7.17. The van der Waals surface area contributed by atoms with E-state index >= 15 is 0 Å². The van der Waals surface area contributed by atoms with Gasteiger partial charge in [-0.2, -0.15) is 0 Å². The number of nitrogens with one attached hydrogen (secondary N) is 1. The number of dihydropyridines is 1. The van der Waals surface area contributed by atoms with Crippen molar-refractivity contribution in [3.8, 4) is 0 Å². The summed E-state index contributed by atoms with van der Waals surface area (Å²) in [6, 6.07) is 9.37. The first-order chi connectivity index (χ1) is 13.4. The molecule has 0 bridgehead atoms. The van der Waals surface area contributed by atoms with Gasteiger partial charge in [-0.3, -0.25) is 9.59 Å². The molecule has 148 valence electrons. The predicted octanol–water partition coefficient (Wildman–Crippen LogP) is 2.86. The van der Waals surface area contributed by atoms with E-state index in [1.165, 1.54) is 7.11 Å². The van der Waals surface area contributed by atoms with E-state index in [1.807, 2.05) is 44.2 Å². The summed E-state index contributed by atoms with van der Waals surface area (Å²) in [5, 5.41) is 3.23. The fourth-order valence-corrected chi connectivity index (χ4v) is 4.14. The van der Waals surface area contributed by atoms with E-state index in [4.69, 9.17) is 9.47 Å². The topological polar surface area (TPSA) is 81.7 Å². The van der Waals surface area contributed by atoms with E-state index in [1.54, 1.807) is 6.92 Å². The van der Waals surface area contributed by atoms with E-state index in [9.17, 15) is 14.4 Å². The molecule has 0 aromatic heterocycles. The van der Waals surface area contributed by atoms with Crippen molar-refractivity contribution >= 4 is 17.7 Å². The average Bonchev–Trinajstić information content (AvgIpc) is 2.67. The first-order valence-electron chi connectivity index (χ1n) is 9.45. The summed E-state index contributed by atoms with van der Waals surface area (Å²) in [5.74, 6) is -2.95. The van der Waals surface area contributed by atoms with Crippen molar-refractivity contribution < 1.29 is 23.9 Å². The van der Waals surface area contributed by atoms with Crippen LogP contribution >= 0.6 is 0 Å². The lowest BCUT2D eigenvalue weighted by Crippen LogP contribution is -2.43. The molecule has 1 N–H and O–H groups in total. The van der Waals surface area contributed by atoms with Crippen LogP contribution in [-0.4, -0.2) is 31.4 Å². The van der Waals surface area contributed by atoms with Gasteiger partial charge in [0.2, 0.25) is 0 Å². The number of carbonyl (C=O) groups excluding carboxylic acids is 3. The van der Waals surface area contributed by atoms with Crippen molar-refractivity contribution in [2.45, 2.75) is 33.1 Å². The summed E-state index contributed by atoms with van der Waals surface area (Å²) in [5.41, 5.74) is 3.09. The fourth-order valence-electron chi connectivity index (χ4n) is 4.14. The molecule has 1 aliphatic carbocycles. The van der Waals surface area contributed by atoms with Gasteiger partial charge in [0.15, 0.2) is 5.78 Å². The molecule has 0 unspecified atom stereocenters. The van der Waals surface area contributed by atoms with Crippen molar-refractivity contribution in [1.29, 1.82) is 0 Å². The van der Waals surface area contributed by atoms with Crippen molar-refractivity contribution in [3.63, 3.8) is 0 Å². The van der Waals surface area contributed by atoms with Crippen LogP contribution in [0.4, 0.5) is 0 Å². The minimum Gasteiger partial charge on any atom is -0.468 e. The van der Waals surface area contributed by atoms with Crippen LogP contribution in [0.15, 0.2) is 52.9 Å². The number of benzene rings is 1. The van der Waals surface area contributed by atoms with Gasteiger partial charge < -0.3 is 14.8 Å². The Bertz CT molecular complexity index is 868. The van der Waals surface area contributed by atoms with Crippen molar-refractivity contribution in [2.24, 2.45) is 11.8 Å². The van der Waals surface area contributed by atoms with Gasteiger partial charge >= 0.3 is 11.9 Å². The molecule has 2 aliphatic rings. The van der Waals surface area contributed by atoms with Gasteiger partial charge in [0, 0.05) is 22.9 Å². The number of hydrogen-bond acceptors (Lipinski definition) is 6. The SMILES string of the molecule is CCOC(=O)C1=C(C)NC2=C(C(=O)[C@@H](C(=O)OC)[C@@H](C)C2)[C@H]1c1ccccc1. The standard InChI is InChI=1S/C22H25NO5/c1-5-28-22(26)17-13(3)23-15-11-12(2)16(21(25)27-4)20(24)19(15)18(17)14-9-7-6-8-10-14/h6-10,12,16,18,23H,5,11H2,1-4H3/t12-,16-,18-/m0/s1. The molecule has 6 heteroatoms. The van der Waals surface area contributed by atoms with Gasteiger partial charge in [-0.15, -0.1) is 0 Å². The van der Waals surface area contributed by atoms with Gasteiger partial charge in [0.1, 0.15) is 5.92 Å². The Morgan fingerprint density at radius 2 is 1.89 bits per heavy atom. The Kier molecular flexibility index (Phi) is 5.68. The van der Waals surface area contributed by atoms with Crippen LogP contribution < -0.4 is 5.32 Å². The summed E-state index contributed by atoms with van der Waals surface area (Å²) in [7, 11) is 1.29. The average molecular weight is 383 g/mol. The second kappa shape index (κ2) is 8.00. The number of hydrogen-bond donors (Lipinski definition) is 1. The second-order valence-corrected chi connectivity index (χ2v) is 7.17. The van der Waals surface area contributed by atoms with Gasteiger partial charge in [0.05, 0.1) is 19.3 Å². The maximum absolute atomic E-state index is 13.4. The van der Waals surface area contributed by atoms with Crippen LogP contribution in [0.2, 0.25) is 0 Å². The Hall–Kier alpha value is -2.89. The molecule has 1 heterocycles. The molecular weight excluding hydrogens is 358 g/mol. The molecule has 1 aliphatic heterocycles. The van der Waals surface area contributed by atoms with E-state index in [0.29, 0.717) is 23.3 Å². The highest BCUT2D eigenvalue weighted by Gasteiger charge is 2.47. The molecule has 6 nitrogen and oxygen atoms in total. The molecule has 1 aromatic rings. The normalized spacial score (nSPS) is 24.4. The minimum absolute atomic E-state index is 0.195. The zero-order valence-corrected chi connectivity index (χ0v) is 16.6. The van der Waals surface area contributed by atoms with Crippen molar-refractivity contribution in [2.75, 3.05) is 13.7 Å². The molecule has 3 atom stereocenters. The van der Waals surface area contributed by atoms with E-state index in [2.05, 4.69) is 5.32 Å². The summed E-state index contributed by atoms with van der Waals surface area (Å²) in [6.07, 6.45) is 0.525. The third kappa shape index (κ3) is 3.35. The number of methoxy groups -OCH3 is 1. The highest BCUT2D eigenvalue weighted by Crippen LogP contribution is 2.45. The van der Waals surface area contributed by atoms with Gasteiger partial charge in [-0.25, -0.2) is 4.79 Å². The molecule has 0 amide bonds. The van der Waals surface area contributed by atoms with Crippen LogP contribution in [0.25, 0.3) is 0 Å². The molecule has 0 fully saturated rings. The number of Topliss-reactive ketones (excluding diaryl/α,β-unsaturated/α-hetero) is 1. The number of esters is 2. The summed E-state index contributed by atoms with van der Waals surface area (Å²) < 4.78 is 10.2. The molecular formula is C22H25NO5. The third-order valence-corrected chi connectivity index (χ3v) is 5.37. The molecule has 1 aromatic carbocycles. The third-order valence-electron chi connectivity index (χ3n) is 5.37. The van der Waals surface area contributed by atoms with Gasteiger partial charge in [-0.05, 0) is 31.7 Å². The summed E-state index contributed by atoms with van der Waals surface area (Å²) in [6.45, 7) is 5.65. The molecule has 0 radical (unpaired) electrons. The first-order valence-corrected chi connectivity index (χ1v) is 9.45. The Labute approximate surface area is 164 Å². The smallest absolute Gasteiger partial charge is 0.336 e. The Balaban J connectivity index is 2.17. The quantitative estimate of drug-likeness (QED) is 0.636. The molecule has 0 saturated carbocycles. The molecule has 3 rings (SSSR count). The number of carbonyl (C=O) groups is 3. The molecule has 0 spiro atoms. The zero-order chi connectivity index (χ0) is 20.4. The highest BCUT2D eigenvalue weighted by molar-refractivity contribution is 6.12. The number of allylic oxidation sites excluding steroid dienone is 3. The number of rotatable bonds is 4. The van der Waals surface area contributed by atoms with Crippen LogP contribution in [0, 0.1) is 11.8 Å². The lowest BCUT2D eigenvalue weighted by Gasteiger charge is -2.38. The van der Waals surface area contributed by atoms with Crippen LogP contribution in [0.5, 0.6) is 0 Å². The number of ketones is 1. The molecule has 0 saturated heterocycles. The maximum atomic E-state index is 13.4. The zero-order valence-electron chi connectivity index (χ0n) is 16.6. The number of ether oxygens (including phenoxy) is 2. The first kappa shape index (κ1) is 19.9. The lowest BCUT2D eigenvalue weighted by atomic mass is 9.69. The van der Waals surface area contributed by atoms with Crippen LogP contribution in [0.3, 0.4) is 0 Å². The minimum atomic E-state index is -0.876. The highest BCUT2D eigenvalue weighted by atomic mass is 16.5. The maximum Gasteiger partial charge on any atom is 0.336 e. The largest absolute Gasteiger partial charge is 0.468 e. The van der Waals surface area contributed by atoms with Gasteiger partial charge in [0.25, 0.3) is 0 Å². The Morgan fingerprint density at radius 3 is 2.50 bits per heavy atom.